The maximum atomic E-state index is 12.7. The summed E-state index contributed by atoms with van der Waals surface area (Å²) in [7, 11) is -3.52. The number of hydrogen-bond acceptors (Lipinski definition) is 5. The molecule has 0 saturated carbocycles. The van der Waals surface area contributed by atoms with Gasteiger partial charge >= 0.3 is 0 Å². The first-order valence-electron chi connectivity index (χ1n) is 9.68. The highest BCUT2D eigenvalue weighted by Crippen LogP contribution is 2.24. The first kappa shape index (κ1) is 21.8. The molecule has 1 aliphatic heterocycles. The molecule has 9 heteroatoms. The van der Waals surface area contributed by atoms with Crippen LogP contribution < -0.4 is 15.8 Å². The van der Waals surface area contributed by atoms with Gasteiger partial charge in [0, 0.05) is 24.3 Å². The van der Waals surface area contributed by atoms with Crippen LogP contribution in [0, 0.1) is 5.92 Å². The van der Waals surface area contributed by atoms with Crippen molar-refractivity contribution < 1.29 is 22.7 Å². The Morgan fingerprint density at radius 2 is 1.67 bits per heavy atom. The second-order valence-corrected chi connectivity index (χ2v) is 9.27. The van der Waals surface area contributed by atoms with Crippen molar-refractivity contribution in [2.75, 3.05) is 25.0 Å². The predicted octanol–water partition coefficient (Wildman–Crippen LogP) is 2.22. The van der Waals surface area contributed by atoms with Gasteiger partial charge in [-0.15, -0.1) is 0 Å². The van der Waals surface area contributed by atoms with Crippen LogP contribution in [-0.4, -0.2) is 44.2 Å². The number of carbonyl (C=O) groups is 2. The molecule has 0 unspecified atom stereocenters. The molecule has 0 atom stereocenters. The number of hydrogen-bond donors (Lipinski definition) is 2. The lowest BCUT2D eigenvalue weighted by atomic mass is 10.0. The van der Waals surface area contributed by atoms with Crippen molar-refractivity contribution in [2.24, 2.45) is 11.7 Å². The Morgan fingerprint density at radius 3 is 2.23 bits per heavy atom. The number of nitrogens with one attached hydrogen (secondary N) is 1. The van der Waals surface area contributed by atoms with Crippen LogP contribution in [-0.2, 0) is 14.8 Å². The van der Waals surface area contributed by atoms with Crippen LogP contribution in [0.25, 0.3) is 0 Å². The highest BCUT2D eigenvalue weighted by atomic mass is 32.2. The fourth-order valence-electron chi connectivity index (χ4n) is 3.15. The summed E-state index contributed by atoms with van der Waals surface area (Å²) < 4.78 is 32.4. The Hall–Kier alpha value is -2.91. The molecule has 0 spiro atoms. The molecule has 1 aliphatic rings. The van der Waals surface area contributed by atoms with E-state index in [1.807, 2.05) is 0 Å². The SMILES string of the molecule is CC1CCN(S(=O)(=O)c2ccc(OCC(=O)Nc3ccc(C(N)=O)cc3)cc2)CC1. The first-order valence-corrected chi connectivity index (χ1v) is 11.1. The fraction of sp³-hybridized carbons (Fsp3) is 0.333. The van der Waals surface area contributed by atoms with Crippen LogP contribution in [0.2, 0.25) is 0 Å². The summed E-state index contributed by atoms with van der Waals surface area (Å²) in [5, 5.41) is 2.64. The molecule has 3 N–H and O–H groups in total. The van der Waals surface area contributed by atoms with Gasteiger partial charge in [0.05, 0.1) is 4.90 Å². The van der Waals surface area contributed by atoms with Gasteiger partial charge in [-0.2, -0.15) is 4.31 Å². The third-order valence-corrected chi connectivity index (χ3v) is 6.94. The van der Waals surface area contributed by atoms with Crippen molar-refractivity contribution in [2.45, 2.75) is 24.7 Å². The number of anilines is 1. The Bertz CT molecular complexity index is 996. The number of carbonyl (C=O) groups excluding carboxylic acids is 2. The average molecular weight is 432 g/mol. The molecule has 1 saturated heterocycles. The third kappa shape index (κ3) is 5.37. The Labute approximate surface area is 176 Å². The van der Waals surface area contributed by atoms with Gasteiger partial charge < -0.3 is 15.8 Å². The summed E-state index contributed by atoms with van der Waals surface area (Å²) in [6.07, 6.45) is 1.72. The molecule has 2 aromatic rings. The van der Waals surface area contributed by atoms with E-state index in [9.17, 15) is 18.0 Å². The van der Waals surface area contributed by atoms with E-state index in [1.165, 1.54) is 40.7 Å². The first-order chi connectivity index (χ1) is 14.3. The molecule has 1 heterocycles. The zero-order valence-electron chi connectivity index (χ0n) is 16.7. The molecule has 3 rings (SSSR count). The maximum absolute atomic E-state index is 12.7. The zero-order chi connectivity index (χ0) is 21.7. The van der Waals surface area contributed by atoms with Crippen molar-refractivity contribution in [3.63, 3.8) is 0 Å². The average Bonchev–Trinajstić information content (AvgIpc) is 2.73. The van der Waals surface area contributed by atoms with Gasteiger partial charge in [0.1, 0.15) is 5.75 Å². The minimum atomic E-state index is -3.52. The van der Waals surface area contributed by atoms with Gasteiger partial charge in [0.15, 0.2) is 6.61 Å². The summed E-state index contributed by atoms with van der Waals surface area (Å²) in [5.74, 6) is -0.00243. The van der Waals surface area contributed by atoms with Crippen LogP contribution in [0.15, 0.2) is 53.4 Å². The monoisotopic (exact) mass is 431 g/mol. The van der Waals surface area contributed by atoms with E-state index in [1.54, 1.807) is 12.1 Å². The number of sulfonamides is 1. The molecule has 0 aromatic heterocycles. The zero-order valence-corrected chi connectivity index (χ0v) is 17.5. The lowest BCUT2D eigenvalue weighted by molar-refractivity contribution is -0.118. The number of nitrogens with two attached hydrogens (primary N) is 1. The number of nitrogens with zero attached hydrogens (tertiary/aromatic N) is 1. The molecule has 30 heavy (non-hydrogen) atoms. The minimum absolute atomic E-state index is 0.211. The van der Waals surface area contributed by atoms with Gasteiger partial charge in [-0.05, 0) is 67.3 Å². The summed E-state index contributed by atoms with van der Waals surface area (Å²) in [4.78, 5) is 23.3. The topological polar surface area (TPSA) is 119 Å². The van der Waals surface area contributed by atoms with Crippen LogP contribution in [0.3, 0.4) is 0 Å². The number of amides is 2. The highest BCUT2D eigenvalue weighted by Gasteiger charge is 2.27. The number of ether oxygens (including phenoxy) is 1. The minimum Gasteiger partial charge on any atom is -0.484 e. The summed E-state index contributed by atoms with van der Waals surface area (Å²) >= 11 is 0. The second kappa shape index (κ2) is 9.27. The second-order valence-electron chi connectivity index (χ2n) is 7.34. The third-order valence-electron chi connectivity index (χ3n) is 5.03. The Balaban J connectivity index is 1.54. The molecular weight excluding hydrogens is 406 g/mol. The Kier molecular flexibility index (Phi) is 6.73. The lowest BCUT2D eigenvalue weighted by Gasteiger charge is -2.29. The highest BCUT2D eigenvalue weighted by molar-refractivity contribution is 7.89. The van der Waals surface area contributed by atoms with Crippen LogP contribution in [0.5, 0.6) is 5.75 Å². The molecule has 0 aliphatic carbocycles. The van der Waals surface area contributed by atoms with Gasteiger partial charge in [0.25, 0.3) is 5.91 Å². The molecule has 160 valence electrons. The number of primary amides is 1. The Morgan fingerprint density at radius 1 is 1.07 bits per heavy atom. The van der Waals surface area contributed by atoms with Crippen molar-refractivity contribution in [3.8, 4) is 5.75 Å². The van der Waals surface area contributed by atoms with Crippen molar-refractivity contribution in [3.05, 3.63) is 54.1 Å². The van der Waals surface area contributed by atoms with Crippen LogP contribution >= 0.6 is 0 Å². The summed E-state index contributed by atoms with van der Waals surface area (Å²) in [5.41, 5.74) is 6.03. The number of benzene rings is 2. The van der Waals surface area contributed by atoms with Crippen LogP contribution in [0.4, 0.5) is 5.69 Å². The lowest BCUT2D eigenvalue weighted by Crippen LogP contribution is -2.37. The predicted molar refractivity (Wildman–Crippen MR) is 113 cm³/mol. The molecule has 2 aromatic carbocycles. The summed E-state index contributed by atoms with van der Waals surface area (Å²) in [6, 6.07) is 12.2. The quantitative estimate of drug-likeness (QED) is 0.697. The number of piperidine rings is 1. The maximum Gasteiger partial charge on any atom is 0.262 e. The molecule has 8 nitrogen and oxygen atoms in total. The van der Waals surface area contributed by atoms with Gasteiger partial charge in [-0.1, -0.05) is 6.92 Å². The molecular formula is C21H25N3O5S. The van der Waals surface area contributed by atoms with Crippen molar-refractivity contribution in [1.82, 2.24) is 4.31 Å². The molecule has 1 fully saturated rings. The fourth-order valence-corrected chi connectivity index (χ4v) is 4.62. The van der Waals surface area contributed by atoms with E-state index in [4.69, 9.17) is 10.5 Å². The van der Waals surface area contributed by atoms with Gasteiger partial charge in [-0.25, -0.2) is 8.42 Å². The van der Waals surface area contributed by atoms with E-state index >= 15 is 0 Å². The smallest absolute Gasteiger partial charge is 0.262 e. The van der Waals surface area contributed by atoms with Crippen molar-refractivity contribution >= 4 is 27.5 Å². The number of rotatable bonds is 7. The summed E-state index contributed by atoms with van der Waals surface area (Å²) in [6.45, 7) is 2.95. The van der Waals surface area contributed by atoms with E-state index in [-0.39, 0.29) is 17.4 Å². The van der Waals surface area contributed by atoms with E-state index in [2.05, 4.69) is 12.2 Å². The van der Waals surface area contributed by atoms with Gasteiger partial charge in [0.2, 0.25) is 15.9 Å². The van der Waals surface area contributed by atoms with E-state index < -0.39 is 15.9 Å². The standard InChI is InChI=1S/C21H25N3O5S/c1-15-10-12-24(13-11-15)30(27,28)19-8-6-18(7-9-19)29-14-20(25)23-17-4-2-16(3-5-17)21(22)26/h2-9,15H,10-14H2,1H3,(H2,22,26)(H,23,25). The molecule has 2 amide bonds. The van der Waals surface area contributed by atoms with E-state index in [0.717, 1.165) is 12.8 Å². The largest absolute Gasteiger partial charge is 0.484 e. The molecule has 0 radical (unpaired) electrons. The van der Waals surface area contributed by atoms with Crippen LogP contribution in [0.1, 0.15) is 30.1 Å². The molecule has 0 bridgehead atoms. The van der Waals surface area contributed by atoms with E-state index in [0.29, 0.717) is 36.0 Å². The van der Waals surface area contributed by atoms with Crippen molar-refractivity contribution in [1.29, 1.82) is 0 Å². The normalized spacial score (nSPS) is 15.5. The van der Waals surface area contributed by atoms with Gasteiger partial charge in [-0.3, -0.25) is 9.59 Å².